The van der Waals surface area contributed by atoms with Crippen LogP contribution in [0.25, 0.3) is 0 Å². The molecule has 28 heavy (non-hydrogen) atoms. The quantitative estimate of drug-likeness (QED) is 0.691. The molecule has 2 fully saturated rings. The number of thioether (sulfide) groups is 2. The zero-order valence-corrected chi connectivity index (χ0v) is 18.3. The van der Waals surface area contributed by atoms with Crippen molar-refractivity contribution in [3.05, 3.63) is 71.8 Å². The molecule has 0 aliphatic carbocycles. The number of rotatable bonds is 2. The Morgan fingerprint density at radius 2 is 1.14 bits per heavy atom. The van der Waals surface area contributed by atoms with Crippen LogP contribution >= 0.6 is 23.5 Å². The number of amides is 2. The van der Waals surface area contributed by atoms with E-state index in [0.29, 0.717) is 0 Å². The highest BCUT2D eigenvalue weighted by atomic mass is 32.2. The minimum absolute atomic E-state index is 0.179. The predicted molar refractivity (Wildman–Crippen MR) is 121 cm³/mol. The molecule has 2 aromatic carbocycles. The number of hydrogen-bond donors (Lipinski definition) is 0. The highest BCUT2D eigenvalue weighted by Crippen LogP contribution is 2.41. The SMILES string of the molecule is CC1(c2ccccc2)CSCCN1C(=O)N1CCSCC1(C)c1ccccc1. The zero-order valence-electron chi connectivity index (χ0n) is 16.6. The van der Waals surface area contributed by atoms with Crippen LogP contribution in [0.15, 0.2) is 60.7 Å². The Morgan fingerprint density at radius 3 is 1.54 bits per heavy atom. The van der Waals surface area contributed by atoms with Gasteiger partial charge in [0.15, 0.2) is 0 Å². The van der Waals surface area contributed by atoms with Crippen molar-refractivity contribution in [2.24, 2.45) is 0 Å². The average Bonchev–Trinajstić information content (AvgIpc) is 2.75. The van der Waals surface area contributed by atoms with Crippen molar-refractivity contribution in [3.63, 3.8) is 0 Å². The lowest BCUT2D eigenvalue weighted by atomic mass is 9.90. The lowest BCUT2D eigenvalue weighted by Gasteiger charge is -2.51. The van der Waals surface area contributed by atoms with Gasteiger partial charge in [0.1, 0.15) is 0 Å². The molecule has 148 valence electrons. The molecule has 2 heterocycles. The van der Waals surface area contributed by atoms with Crippen molar-refractivity contribution in [1.82, 2.24) is 9.80 Å². The Bertz CT molecular complexity index is 748. The normalized spacial score (nSPS) is 28.2. The molecular weight excluding hydrogens is 384 g/mol. The summed E-state index contributed by atoms with van der Waals surface area (Å²) < 4.78 is 0. The number of carbonyl (C=O) groups is 1. The Labute approximate surface area is 176 Å². The van der Waals surface area contributed by atoms with Gasteiger partial charge in [-0.3, -0.25) is 0 Å². The van der Waals surface area contributed by atoms with Gasteiger partial charge in [-0.25, -0.2) is 4.79 Å². The summed E-state index contributed by atoms with van der Waals surface area (Å²) in [5, 5.41) is 0. The lowest BCUT2D eigenvalue weighted by molar-refractivity contribution is 0.0699. The summed E-state index contributed by atoms with van der Waals surface area (Å²) in [5.41, 5.74) is 1.90. The number of urea groups is 1. The summed E-state index contributed by atoms with van der Waals surface area (Å²) in [7, 11) is 0. The Hall–Kier alpha value is -1.59. The first-order valence-corrected chi connectivity index (χ1v) is 12.2. The average molecular weight is 413 g/mol. The fourth-order valence-electron chi connectivity index (χ4n) is 4.33. The molecule has 2 saturated heterocycles. The van der Waals surface area contributed by atoms with E-state index in [4.69, 9.17) is 0 Å². The van der Waals surface area contributed by atoms with Crippen LogP contribution in [0.2, 0.25) is 0 Å². The summed E-state index contributed by atoms with van der Waals surface area (Å²) in [6.07, 6.45) is 0. The smallest absolute Gasteiger partial charge is 0.314 e. The van der Waals surface area contributed by atoms with Gasteiger partial charge in [0, 0.05) is 36.1 Å². The van der Waals surface area contributed by atoms with Gasteiger partial charge < -0.3 is 9.80 Å². The first-order valence-electron chi connectivity index (χ1n) is 9.91. The van der Waals surface area contributed by atoms with Crippen molar-refractivity contribution >= 4 is 29.6 Å². The number of nitrogens with zero attached hydrogens (tertiary/aromatic N) is 2. The number of carbonyl (C=O) groups excluding carboxylic acids is 1. The molecule has 0 N–H and O–H groups in total. The molecule has 0 bridgehead atoms. The van der Waals surface area contributed by atoms with Crippen molar-refractivity contribution < 1.29 is 4.79 Å². The van der Waals surface area contributed by atoms with E-state index in [2.05, 4.69) is 72.2 Å². The van der Waals surface area contributed by atoms with E-state index in [9.17, 15) is 4.79 Å². The summed E-state index contributed by atoms with van der Waals surface area (Å²) in [5.74, 6) is 3.87. The maximum Gasteiger partial charge on any atom is 0.321 e. The summed E-state index contributed by atoms with van der Waals surface area (Å²) in [6, 6.07) is 21.2. The third-order valence-electron chi connectivity index (χ3n) is 6.13. The second-order valence-corrected chi connectivity index (χ2v) is 10.2. The number of benzene rings is 2. The van der Waals surface area contributed by atoms with Crippen LogP contribution in [0.1, 0.15) is 25.0 Å². The molecule has 2 atom stereocenters. The van der Waals surface area contributed by atoms with Crippen LogP contribution < -0.4 is 0 Å². The van der Waals surface area contributed by atoms with E-state index < -0.39 is 0 Å². The predicted octanol–water partition coefficient (Wildman–Crippen LogP) is 5.03. The minimum Gasteiger partial charge on any atom is -0.314 e. The van der Waals surface area contributed by atoms with E-state index in [1.54, 1.807) is 0 Å². The molecule has 2 unspecified atom stereocenters. The Kier molecular flexibility index (Phi) is 5.66. The van der Waals surface area contributed by atoms with Gasteiger partial charge in [0.2, 0.25) is 0 Å². The van der Waals surface area contributed by atoms with E-state index in [1.807, 2.05) is 35.7 Å². The molecule has 0 spiro atoms. The standard InChI is InChI=1S/C23H28N2OS2/c1-22(19-9-5-3-6-10-19)17-27-15-13-24(22)21(26)25-14-16-28-18-23(25,2)20-11-7-4-8-12-20/h3-12H,13-18H2,1-2H3. The molecule has 5 heteroatoms. The van der Waals surface area contributed by atoms with Gasteiger partial charge in [-0.2, -0.15) is 23.5 Å². The second kappa shape index (κ2) is 8.03. The minimum atomic E-state index is -0.274. The molecule has 0 aromatic heterocycles. The van der Waals surface area contributed by atoms with E-state index in [1.165, 1.54) is 11.1 Å². The summed E-state index contributed by atoms with van der Waals surface area (Å²) in [4.78, 5) is 18.2. The molecule has 4 rings (SSSR count). The van der Waals surface area contributed by atoms with Crippen molar-refractivity contribution in [2.45, 2.75) is 24.9 Å². The number of hydrogen-bond acceptors (Lipinski definition) is 3. The van der Waals surface area contributed by atoms with Crippen LogP contribution in [0, 0.1) is 0 Å². The van der Waals surface area contributed by atoms with Gasteiger partial charge in [-0.1, -0.05) is 60.7 Å². The second-order valence-electron chi connectivity index (χ2n) is 7.97. The molecule has 0 radical (unpaired) electrons. The van der Waals surface area contributed by atoms with Gasteiger partial charge >= 0.3 is 6.03 Å². The van der Waals surface area contributed by atoms with Crippen LogP contribution in [0.5, 0.6) is 0 Å². The Morgan fingerprint density at radius 1 is 0.750 bits per heavy atom. The van der Waals surface area contributed by atoms with Gasteiger partial charge in [-0.05, 0) is 25.0 Å². The largest absolute Gasteiger partial charge is 0.321 e. The van der Waals surface area contributed by atoms with Crippen LogP contribution in [0.3, 0.4) is 0 Å². The van der Waals surface area contributed by atoms with E-state index in [0.717, 1.165) is 36.1 Å². The maximum atomic E-state index is 14.0. The van der Waals surface area contributed by atoms with Crippen molar-refractivity contribution in [3.8, 4) is 0 Å². The first kappa shape index (κ1) is 19.7. The third kappa shape index (κ3) is 3.43. The molecule has 3 nitrogen and oxygen atoms in total. The first-order chi connectivity index (χ1) is 13.6. The zero-order chi connectivity index (χ0) is 19.6. The van der Waals surface area contributed by atoms with Gasteiger partial charge in [0.05, 0.1) is 11.1 Å². The van der Waals surface area contributed by atoms with Crippen molar-refractivity contribution in [2.75, 3.05) is 36.1 Å². The van der Waals surface area contributed by atoms with Crippen LogP contribution in [-0.2, 0) is 11.1 Å². The van der Waals surface area contributed by atoms with Crippen LogP contribution in [0.4, 0.5) is 4.79 Å². The van der Waals surface area contributed by atoms with Gasteiger partial charge in [0.25, 0.3) is 0 Å². The van der Waals surface area contributed by atoms with E-state index >= 15 is 0 Å². The lowest BCUT2D eigenvalue weighted by Crippen LogP contribution is -2.62. The summed E-state index contributed by atoms with van der Waals surface area (Å²) in [6.45, 7) is 6.04. The van der Waals surface area contributed by atoms with Crippen LogP contribution in [-0.4, -0.2) is 51.9 Å². The molecule has 2 amide bonds. The third-order valence-corrected chi connectivity index (χ3v) is 8.60. The van der Waals surface area contributed by atoms with Gasteiger partial charge in [-0.15, -0.1) is 0 Å². The topological polar surface area (TPSA) is 23.6 Å². The fourth-order valence-corrected chi connectivity index (χ4v) is 6.69. The highest BCUT2D eigenvalue weighted by Gasteiger charge is 2.46. The monoisotopic (exact) mass is 412 g/mol. The highest BCUT2D eigenvalue weighted by molar-refractivity contribution is 7.99. The molecule has 2 aromatic rings. The van der Waals surface area contributed by atoms with Crippen molar-refractivity contribution in [1.29, 1.82) is 0 Å². The Balaban J connectivity index is 1.70. The molecule has 0 saturated carbocycles. The molecule has 2 aliphatic rings. The fraction of sp³-hybridized carbons (Fsp3) is 0.435. The summed E-state index contributed by atoms with van der Waals surface area (Å²) >= 11 is 3.89. The maximum absolute atomic E-state index is 14.0. The van der Waals surface area contributed by atoms with E-state index in [-0.39, 0.29) is 17.1 Å². The molecular formula is C23H28N2OS2. The molecule has 2 aliphatic heterocycles.